The number of allylic oxidation sites excluding steroid dienone is 2. The van der Waals surface area contributed by atoms with E-state index in [1.807, 2.05) is 0 Å². The second-order valence-electron chi connectivity index (χ2n) is 4.15. The van der Waals surface area contributed by atoms with Gasteiger partial charge in [0.25, 0.3) is 5.91 Å². The fraction of sp³-hybridized carbons (Fsp3) is 0.200. The lowest BCUT2D eigenvalue weighted by Gasteiger charge is -2.10. The first kappa shape index (κ1) is 16.8. The monoisotopic (exact) mass is 309 g/mol. The lowest BCUT2D eigenvalue weighted by Crippen LogP contribution is -2.16. The van der Waals surface area contributed by atoms with Gasteiger partial charge in [0.05, 0.1) is 24.1 Å². The fourth-order valence-electron chi connectivity index (χ4n) is 1.56. The molecule has 1 rings (SSSR count). The molecule has 0 aliphatic carbocycles. The Morgan fingerprint density at radius 1 is 1.38 bits per heavy atom. The molecule has 2 N–H and O–H groups in total. The molecular formula is C15H16ClNO4. The van der Waals surface area contributed by atoms with Crippen molar-refractivity contribution in [3.05, 3.63) is 52.3 Å². The van der Waals surface area contributed by atoms with Crippen LogP contribution in [0.25, 0.3) is 0 Å². The minimum absolute atomic E-state index is 0.0318. The van der Waals surface area contributed by atoms with Gasteiger partial charge in [-0.2, -0.15) is 0 Å². The lowest BCUT2D eigenvalue weighted by molar-refractivity contribution is -0.112. The van der Waals surface area contributed by atoms with Gasteiger partial charge >= 0.3 is 5.97 Å². The molecule has 1 aromatic rings. The summed E-state index contributed by atoms with van der Waals surface area (Å²) < 4.78 is 4.99. The maximum atomic E-state index is 12.2. The minimum atomic E-state index is -1.15. The molecular weight excluding hydrogens is 294 g/mol. The van der Waals surface area contributed by atoms with E-state index in [1.54, 1.807) is 26.0 Å². The Labute approximate surface area is 127 Å². The van der Waals surface area contributed by atoms with E-state index in [9.17, 15) is 9.59 Å². The summed E-state index contributed by atoms with van der Waals surface area (Å²) in [6.07, 6.45) is 3.16. The largest absolute Gasteiger partial charge is 0.501 e. The molecule has 0 heterocycles. The third kappa shape index (κ3) is 4.65. The molecule has 0 aromatic heterocycles. The molecule has 5 nitrogen and oxygen atoms in total. The summed E-state index contributed by atoms with van der Waals surface area (Å²) in [6, 6.07) is 4.18. The Kier molecular flexibility index (Phi) is 5.99. The molecule has 0 aliphatic heterocycles. The van der Waals surface area contributed by atoms with Crippen LogP contribution in [-0.2, 0) is 9.53 Å². The summed E-state index contributed by atoms with van der Waals surface area (Å²) in [7, 11) is 1.50. The van der Waals surface area contributed by atoms with Crippen LogP contribution in [0.3, 0.4) is 0 Å². The summed E-state index contributed by atoms with van der Waals surface area (Å²) in [5.41, 5.74) is 0.462. The van der Waals surface area contributed by atoms with Crippen molar-refractivity contribution in [2.24, 2.45) is 0 Å². The summed E-state index contributed by atoms with van der Waals surface area (Å²) >= 11 is 5.83. The minimum Gasteiger partial charge on any atom is -0.501 e. The predicted octanol–water partition coefficient (Wildman–Crippen LogP) is 3.47. The molecule has 0 spiro atoms. The van der Waals surface area contributed by atoms with Gasteiger partial charge in [0, 0.05) is 10.6 Å². The van der Waals surface area contributed by atoms with E-state index in [2.05, 4.69) is 5.32 Å². The van der Waals surface area contributed by atoms with Crippen molar-refractivity contribution in [1.82, 2.24) is 0 Å². The highest BCUT2D eigenvalue weighted by Crippen LogP contribution is 2.22. The number of benzene rings is 1. The SMILES string of the molecule is C/C=C(/C=C(/C)OC)C(=O)Nc1cc(Cl)ccc1C(=O)O. The van der Waals surface area contributed by atoms with Gasteiger partial charge in [-0.1, -0.05) is 17.7 Å². The first-order chi connectivity index (χ1) is 9.88. The Hall–Kier alpha value is -2.27. The van der Waals surface area contributed by atoms with Gasteiger partial charge in [-0.15, -0.1) is 0 Å². The molecule has 112 valence electrons. The number of nitrogens with one attached hydrogen (secondary N) is 1. The highest BCUT2D eigenvalue weighted by Gasteiger charge is 2.14. The molecule has 1 aromatic carbocycles. The molecule has 21 heavy (non-hydrogen) atoms. The number of carbonyl (C=O) groups excluding carboxylic acids is 1. The second-order valence-corrected chi connectivity index (χ2v) is 4.59. The van der Waals surface area contributed by atoms with Crippen molar-refractivity contribution < 1.29 is 19.4 Å². The number of hydrogen-bond donors (Lipinski definition) is 2. The number of rotatable bonds is 5. The highest BCUT2D eigenvalue weighted by molar-refractivity contribution is 6.31. The second kappa shape index (κ2) is 7.50. The molecule has 0 saturated carbocycles. The Morgan fingerprint density at radius 2 is 2.05 bits per heavy atom. The first-order valence-corrected chi connectivity index (χ1v) is 6.49. The molecule has 1 amide bonds. The molecule has 0 bridgehead atoms. The summed E-state index contributed by atoms with van der Waals surface area (Å²) in [4.78, 5) is 23.3. The van der Waals surface area contributed by atoms with Crippen LogP contribution in [0.1, 0.15) is 24.2 Å². The number of halogens is 1. The smallest absolute Gasteiger partial charge is 0.337 e. The molecule has 0 unspecified atom stereocenters. The number of aromatic carboxylic acids is 1. The van der Waals surface area contributed by atoms with Crippen LogP contribution in [0.2, 0.25) is 5.02 Å². The molecule has 0 atom stereocenters. The molecule has 0 radical (unpaired) electrons. The van der Waals surface area contributed by atoms with E-state index in [0.717, 1.165) is 0 Å². The van der Waals surface area contributed by atoms with Crippen LogP contribution in [-0.4, -0.2) is 24.1 Å². The topological polar surface area (TPSA) is 75.6 Å². The average Bonchev–Trinajstić information content (AvgIpc) is 2.43. The van der Waals surface area contributed by atoms with Gasteiger partial charge in [-0.3, -0.25) is 4.79 Å². The van der Waals surface area contributed by atoms with Gasteiger partial charge in [0.2, 0.25) is 0 Å². The van der Waals surface area contributed by atoms with E-state index in [0.29, 0.717) is 16.4 Å². The van der Waals surface area contributed by atoms with Crippen molar-refractivity contribution in [3.8, 4) is 0 Å². The Balaban J connectivity index is 3.08. The third-order valence-corrected chi connectivity index (χ3v) is 2.95. The molecule has 0 saturated heterocycles. The highest BCUT2D eigenvalue weighted by atomic mass is 35.5. The van der Waals surface area contributed by atoms with Crippen molar-refractivity contribution >= 4 is 29.2 Å². The van der Waals surface area contributed by atoms with Crippen LogP contribution in [0, 0.1) is 0 Å². The van der Waals surface area contributed by atoms with E-state index < -0.39 is 11.9 Å². The first-order valence-electron chi connectivity index (χ1n) is 6.11. The normalized spacial score (nSPS) is 12.0. The summed E-state index contributed by atoms with van der Waals surface area (Å²) in [6.45, 7) is 3.41. The molecule has 6 heteroatoms. The summed E-state index contributed by atoms with van der Waals surface area (Å²) in [5, 5.41) is 12.0. The van der Waals surface area contributed by atoms with E-state index >= 15 is 0 Å². The van der Waals surface area contributed by atoms with Gasteiger partial charge < -0.3 is 15.2 Å². The van der Waals surface area contributed by atoms with Crippen LogP contribution in [0.15, 0.2) is 41.7 Å². The fourth-order valence-corrected chi connectivity index (χ4v) is 1.73. The zero-order valence-electron chi connectivity index (χ0n) is 11.9. The predicted molar refractivity (Wildman–Crippen MR) is 81.6 cm³/mol. The van der Waals surface area contributed by atoms with E-state index in [-0.39, 0.29) is 11.3 Å². The number of amides is 1. The molecule has 0 aliphatic rings. The van der Waals surface area contributed by atoms with Gasteiger partial charge in [0.15, 0.2) is 0 Å². The van der Waals surface area contributed by atoms with Crippen molar-refractivity contribution in [2.45, 2.75) is 13.8 Å². The number of carboxylic acid groups (broad SMARTS) is 1. The third-order valence-electron chi connectivity index (χ3n) is 2.71. The standard InChI is InChI=1S/C15H16ClNO4/c1-4-10(7-9(2)21-3)14(18)17-13-8-11(16)5-6-12(13)15(19)20/h4-8H,1-3H3,(H,17,18)(H,19,20)/b9-7-,10-4-. The van der Waals surface area contributed by atoms with Gasteiger partial charge in [-0.25, -0.2) is 4.79 Å². The lowest BCUT2D eigenvalue weighted by atomic mass is 10.1. The molecule has 0 fully saturated rings. The summed E-state index contributed by atoms with van der Waals surface area (Å²) in [5.74, 6) is -1.03. The van der Waals surface area contributed by atoms with E-state index in [1.165, 1.54) is 25.3 Å². The van der Waals surface area contributed by atoms with Crippen molar-refractivity contribution in [3.63, 3.8) is 0 Å². The van der Waals surface area contributed by atoms with Gasteiger partial charge in [0.1, 0.15) is 0 Å². The Bertz CT molecular complexity index is 620. The van der Waals surface area contributed by atoms with E-state index in [4.69, 9.17) is 21.4 Å². The number of carbonyl (C=O) groups is 2. The van der Waals surface area contributed by atoms with Gasteiger partial charge in [-0.05, 0) is 38.1 Å². The zero-order chi connectivity index (χ0) is 16.0. The quantitative estimate of drug-likeness (QED) is 0.496. The average molecular weight is 310 g/mol. The number of anilines is 1. The van der Waals surface area contributed by atoms with Crippen LogP contribution in [0.4, 0.5) is 5.69 Å². The Morgan fingerprint density at radius 3 is 2.57 bits per heavy atom. The van der Waals surface area contributed by atoms with Crippen molar-refractivity contribution in [2.75, 3.05) is 12.4 Å². The maximum absolute atomic E-state index is 12.2. The number of methoxy groups -OCH3 is 1. The zero-order valence-corrected chi connectivity index (χ0v) is 12.7. The van der Waals surface area contributed by atoms with Crippen LogP contribution < -0.4 is 5.32 Å². The maximum Gasteiger partial charge on any atom is 0.337 e. The van der Waals surface area contributed by atoms with Crippen LogP contribution >= 0.6 is 11.6 Å². The number of carboxylic acids is 1. The number of ether oxygens (including phenoxy) is 1. The number of hydrogen-bond acceptors (Lipinski definition) is 3. The van der Waals surface area contributed by atoms with Crippen LogP contribution in [0.5, 0.6) is 0 Å². The van der Waals surface area contributed by atoms with Crippen molar-refractivity contribution in [1.29, 1.82) is 0 Å².